The Morgan fingerprint density at radius 1 is 0.979 bits per heavy atom. The minimum atomic E-state index is -4.17. The van der Waals surface area contributed by atoms with Crippen molar-refractivity contribution in [3.8, 4) is 17.1 Å². The Balaban J connectivity index is 1.66. The van der Waals surface area contributed by atoms with Crippen molar-refractivity contribution in [2.45, 2.75) is 72.4 Å². The molecule has 0 radical (unpaired) electrons. The molecule has 11 nitrogen and oxygen atoms in total. The first-order valence-corrected chi connectivity index (χ1v) is 17.3. The summed E-state index contributed by atoms with van der Waals surface area (Å²) in [4.78, 5) is 36.5. The summed E-state index contributed by atoms with van der Waals surface area (Å²) >= 11 is 0. The molecule has 0 aliphatic carbocycles. The van der Waals surface area contributed by atoms with E-state index in [1.165, 1.54) is 12.1 Å². The molecule has 3 heterocycles. The predicted octanol–water partition coefficient (Wildman–Crippen LogP) is 6.04. The average molecular weight is 658 g/mol. The summed E-state index contributed by atoms with van der Waals surface area (Å²) in [5, 5.41) is 0. The molecule has 1 N–H and O–H groups in total. The van der Waals surface area contributed by atoms with Gasteiger partial charge in [0.05, 0.1) is 41.3 Å². The van der Waals surface area contributed by atoms with E-state index in [1.54, 1.807) is 35.5 Å². The fraction of sp³-hybridized carbons (Fsp3) is 0.400. The van der Waals surface area contributed by atoms with Crippen LogP contribution in [0.25, 0.3) is 11.3 Å². The van der Waals surface area contributed by atoms with Crippen LogP contribution in [0.2, 0.25) is 0 Å². The van der Waals surface area contributed by atoms with E-state index in [2.05, 4.69) is 59.2 Å². The molecule has 0 fully saturated rings. The Labute approximate surface area is 277 Å². The highest BCUT2D eigenvalue weighted by molar-refractivity contribution is 7.92. The number of hydrogen-bond acceptors (Lipinski definition) is 9. The first kappa shape index (κ1) is 33.8. The maximum Gasteiger partial charge on any atom is 0.264 e. The number of fused-ring (bicyclic) bond motifs is 4. The molecule has 4 aromatic rings. The van der Waals surface area contributed by atoms with Gasteiger partial charge in [0.15, 0.2) is 0 Å². The molecule has 4 bridgehead atoms. The number of aromatic nitrogens is 4. The second-order valence-corrected chi connectivity index (χ2v) is 14.7. The fourth-order valence-corrected chi connectivity index (χ4v) is 6.88. The van der Waals surface area contributed by atoms with Crippen molar-refractivity contribution in [1.29, 1.82) is 0 Å². The van der Waals surface area contributed by atoms with Crippen LogP contribution >= 0.6 is 0 Å². The summed E-state index contributed by atoms with van der Waals surface area (Å²) in [7, 11) is -4.17. The number of benzene rings is 2. The zero-order valence-electron chi connectivity index (χ0n) is 28.1. The van der Waals surface area contributed by atoms with Crippen LogP contribution in [0.15, 0.2) is 65.8 Å². The lowest BCUT2D eigenvalue weighted by molar-refractivity contribution is 0.0509. The molecular weight excluding hydrogens is 614 g/mol. The molecule has 248 valence electrons. The quantitative estimate of drug-likeness (QED) is 0.253. The number of carbonyl (C=O) groups excluding carboxylic acids is 1. The first-order valence-electron chi connectivity index (χ1n) is 15.9. The SMILES string of the molecule is CCN(CC)c1cncc(CN2C(=O)c3cccc(c3)S(=O)(=O)Nc3nc(cc(-c4c(C)cccc4C)n3)OC[C@H]2CC(C)(C)C)n1. The maximum absolute atomic E-state index is 14.4. The maximum atomic E-state index is 14.4. The molecule has 0 unspecified atom stereocenters. The van der Waals surface area contributed by atoms with Crippen molar-refractivity contribution in [2.24, 2.45) is 5.41 Å². The van der Waals surface area contributed by atoms with Gasteiger partial charge in [0.25, 0.3) is 15.9 Å². The number of anilines is 2. The largest absolute Gasteiger partial charge is 0.475 e. The molecule has 1 atom stereocenters. The van der Waals surface area contributed by atoms with E-state index in [4.69, 9.17) is 9.72 Å². The van der Waals surface area contributed by atoms with Crippen molar-refractivity contribution >= 4 is 27.7 Å². The number of nitrogens with one attached hydrogen (secondary N) is 1. The Hall–Kier alpha value is -4.58. The lowest BCUT2D eigenvalue weighted by Gasteiger charge is -2.35. The van der Waals surface area contributed by atoms with Gasteiger partial charge in [0.1, 0.15) is 12.4 Å². The van der Waals surface area contributed by atoms with Gasteiger partial charge in [-0.1, -0.05) is 45.0 Å². The Morgan fingerprint density at radius 3 is 2.36 bits per heavy atom. The van der Waals surface area contributed by atoms with Gasteiger partial charge in [-0.05, 0) is 68.9 Å². The summed E-state index contributed by atoms with van der Waals surface area (Å²) in [6.45, 7) is 16.1. The standard InChI is InChI=1S/C35H43N7O4S/c1-8-41(9-2)30-20-36-19-26(37-30)21-42-27(18-35(5,6)7)22-46-31-17-29(32-23(3)12-10-13-24(32)4)38-34(39-31)40-47(44,45)28-15-11-14-25(16-28)33(42)43/h10-17,19-20,27H,8-9,18,21-22H2,1-7H3,(H,38,39,40)/t27-/m1/s1. The van der Waals surface area contributed by atoms with Crippen molar-refractivity contribution < 1.29 is 17.9 Å². The number of nitrogens with zero attached hydrogens (tertiary/aromatic N) is 6. The van der Waals surface area contributed by atoms with Gasteiger partial charge in [0, 0.05) is 30.3 Å². The zero-order valence-corrected chi connectivity index (χ0v) is 28.9. The Kier molecular flexibility index (Phi) is 9.81. The van der Waals surface area contributed by atoms with Gasteiger partial charge in [-0.2, -0.15) is 4.98 Å². The molecule has 0 spiro atoms. The third-order valence-corrected chi connectivity index (χ3v) is 9.45. The van der Waals surface area contributed by atoms with Crippen LogP contribution in [0.1, 0.15) is 68.2 Å². The number of sulfonamides is 1. The molecule has 5 rings (SSSR count). The van der Waals surface area contributed by atoms with Crippen LogP contribution in [0.5, 0.6) is 5.88 Å². The predicted molar refractivity (Wildman–Crippen MR) is 183 cm³/mol. The zero-order chi connectivity index (χ0) is 33.9. The molecule has 2 aromatic carbocycles. The van der Waals surface area contributed by atoms with E-state index in [0.29, 0.717) is 17.8 Å². The topological polar surface area (TPSA) is 131 Å². The van der Waals surface area contributed by atoms with Crippen molar-refractivity contribution in [1.82, 2.24) is 24.8 Å². The molecule has 1 aliphatic heterocycles. The lowest BCUT2D eigenvalue weighted by Crippen LogP contribution is -2.45. The molecule has 0 saturated heterocycles. The van der Waals surface area contributed by atoms with Gasteiger partial charge >= 0.3 is 0 Å². The Bertz CT molecular complexity index is 1850. The van der Waals surface area contributed by atoms with Crippen LogP contribution < -0.4 is 14.4 Å². The lowest BCUT2D eigenvalue weighted by atomic mass is 9.87. The number of hydrogen-bond donors (Lipinski definition) is 1. The highest BCUT2D eigenvalue weighted by atomic mass is 32.2. The van der Waals surface area contributed by atoms with E-state index >= 15 is 0 Å². The summed E-state index contributed by atoms with van der Waals surface area (Å²) in [5.41, 5.74) is 3.98. The average Bonchev–Trinajstić information content (AvgIpc) is 3.01. The van der Waals surface area contributed by atoms with Gasteiger partial charge in [-0.25, -0.2) is 23.1 Å². The number of ether oxygens (including phenoxy) is 1. The fourth-order valence-electron chi connectivity index (χ4n) is 5.89. The second kappa shape index (κ2) is 13.6. The Morgan fingerprint density at radius 2 is 1.68 bits per heavy atom. The number of aryl methyl sites for hydroxylation is 2. The number of rotatable bonds is 7. The first-order chi connectivity index (χ1) is 22.3. The third kappa shape index (κ3) is 7.87. The molecular formula is C35H43N7O4S. The molecule has 12 heteroatoms. The monoisotopic (exact) mass is 657 g/mol. The highest BCUT2D eigenvalue weighted by Gasteiger charge is 2.32. The molecule has 1 amide bonds. The second-order valence-electron chi connectivity index (χ2n) is 13.0. The minimum absolute atomic E-state index is 0.0817. The van der Waals surface area contributed by atoms with Crippen molar-refractivity contribution in [3.63, 3.8) is 0 Å². The summed E-state index contributed by atoms with van der Waals surface area (Å²) < 4.78 is 36.2. The van der Waals surface area contributed by atoms with Crippen LogP contribution in [-0.2, 0) is 16.6 Å². The van der Waals surface area contributed by atoms with E-state index in [0.717, 1.165) is 35.6 Å². The van der Waals surface area contributed by atoms with Crippen LogP contribution in [-0.4, -0.2) is 64.9 Å². The van der Waals surface area contributed by atoms with Gasteiger partial charge in [-0.3, -0.25) is 9.78 Å². The van der Waals surface area contributed by atoms with Gasteiger partial charge in [0.2, 0.25) is 11.8 Å². The van der Waals surface area contributed by atoms with E-state index < -0.39 is 16.1 Å². The smallest absolute Gasteiger partial charge is 0.264 e. The molecule has 0 saturated carbocycles. The van der Waals surface area contributed by atoms with Crippen LogP contribution in [0, 0.1) is 19.3 Å². The van der Waals surface area contributed by atoms with E-state index in [1.807, 2.05) is 32.0 Å². The van der Waals surface area contributed by atoms with Crippen LogP contribution in [0.4, 0.5) is 11.8 Å². The molecule has 1 aliphatic rings. The number of amides is 1. The normalized spacial score (nSPS) is 16.3. The summed E-state index contributed by atoms with van der Waals surface area (Å²) in [5.74, 6) is 0.448. The van der Waals surface area contributed by atoms with E-state index in [-0.39, 0.29) is 46.8 Å². The van der Waals surface area contributed by atoms with Gasteiger partial charge < -0.3 is 14.5 Å². The van der Waals surface area contributed by atoms with Crippen LogP contribution in [0.3, 0.4) is 0 Å². The van der Waals surface area contributed by atoms with Gasteiger partial charge in [-0.15, -0.1) is 0 Å². The molecule has 47 heavy (non-hydrogen) atoms. The third-order valence-electron chi connectivity index (χ3n) is 8.12. The highest BCUT2D eigenvalue weighted by Crippen LogP contribution is 2.31. The summed E-state index contributed by atoms with van der Waals surface area (Å²) in [6, 6.07) is 13.2. The molecule has 2 aromatic heterocycles. The summed E-state index contributed by atoms with van der Waals surface area (Å²) in [6.07, 6.45) is 3.96. The minimum Gasteiger partial charge on any atom is -0.475 e. The van der Waals surface area contributed by atoms with E-state index in [9.17, 15) is 13.2 Å². The number of carbonyl (C=O) groups is 1. The van der Waals surface area contributed by atoms with Crippen molar-refractivity contribution in [2.75, 3.05) is 29.3 Å². The van der Waals surface area contributed by atoms with Crippen molar-refractivity contribution in [3.05, 3.63) is 83.3 Å².